The summed E-state index contributed by atoms with van der Waals surface area (Å²) in [6.45, 7) is 0.988. The molecule has 0 atom stereocenters. The first-order valence-electron chi connectivity index (χ1n) is 6.36. The minimum Gasteiger partial charge on any atom is -0.394 e. The van der Waals surface area contributed by atoms with Gasteiger partial charge in [-0.1, -0.05) is 11.6 Å². The number of imidazole rings is 1. The summed E-state index contributed by atoms with van der Waals surface area (Å²) in [4.78, 5) is 3.87. The third-order valence-electron chi connectivity index (χ3n) is 3.26. The van der Waals surface area contributed by atoms with Crippen molar-refractivity contribution < 1.29 is 18.3 Å². The van der Waals surface area contributed by atoms with Crippen LogP contribution in [0.1, 0.15) is 12.8 Å². The second kappa shape index (κ2) is 6.40. The maximum atomic E-state index is 12.4. The Labute approximate surface area is 123 Å². The summed E-state index contributed by atoms with van der Waals surface area (Å²) >= 11 is 5.95. The van der Waals surface area contributed by atoms with Gasteiger partial charge in [0.15, 0.2) is 0 Å². The van der Waals surface area contributed by atoms with Gasteiger partial charge >= 0.3 is 0 Å². The van der Waals surface area contributed by atoms with Crippen LogP contribution >= 0.6 is 11.6 Å². The van der Waals surface area contributed by atoms with Crippen LogP contribution in [0.5, 0.6) is 0 Å². The number of ether oxygens (including phenoxy) is 1. The van der Waals surface area contributed by atoms with Crippen LogP contribution in [0.3, 0.4) is 0 Å². The lowest BCUT2D eigenvalue weighted by molar-refractivity contribution is 0.00316. The van der Waals surface area contributed by atoms with Crippen LogP contribution < -0.4 is 0 Å². The van der Waals surface area contributed by atoms with E-state index < -0.39 is 10.0 Å². The first-order valence-corrected chi connectivity index (χ1v) is 8.18. The number of aliphatic hydroxyl groups is 1. The Bertz CT molecular complexity index is 552. The smallest absolute Gasteiger partial charge is 0.263 e. The normalized spacial score (nSPS) is 18.6. The average Bonchev–Trinajstić information content (AvgIpc) is 2.78. The van der Waals surface area contributed by atoms with Gasteiger partial charge in [0.25, 0.3) is 10.0 Å². The zero-order valence-electron chi connectivity index (χ0n) is 11.2. The van der Waals surface area contributed by atoms with Gasteiger partial charge in [-0.25, -0.2) is 13.4 Å². The van der Waals surface area contributed by atoms with Crippen LogP contribution in [0, 0.1) is 0 Å². The molecule has 7 nitrogen and oxygen atoms in total. The quantitative estimate of drug-likeness (QED) is 0.839. The monoisotopic (exact) mass is 323 g/mol. The summed E-state index contributed by atoms with van der Waals surface area (Å²) in [6.07, 6.45) is 2.58. The molecule has 0 unspecified atom stereocenters. The van der Waals surface area contributed by atoms with Crippen LogP contribution in [-0.2, 0) is 21.8 Å². The largest absolute Gasteiger partial charge is 0.394 e. The summed E-state index contributed by atoms with van der Waals surface area (Å²) in [5.74, 6) is 0. The maximum Gasteiger partial charge on any atom is 0.263 e. The molecule has 1 fully saturated rings. The number of sulfonamides is 1. The Kier molecular flexibility index (Phi) is 5.03. The Morgan fingerprint density at radius 2 is 2.15 bits per heavy atom. The first kappa shape index (κ1) is 15.7. The number of hydrogen-bond donors (Lipinski definition) is 1. The van der Waals surface area contributed by atoms with Gasteiger partial charge in [-0.3, -0.25) is 0 Å². The Balaban J connectivity index is 2.04. The zero-order valence-corrected chi connectivity index (χ0v) is 12.8. The van der Waals surface area contributed by atoms with Crippen molar-refractivity contribution in [2.75, 3.05) is 26.3 Å². The second-order valence-corrected chi connectivity index (χ2v) is 6.86. The third-order valence-corrected chi connectivity index (χ3v) is 5.65. The highest BCUT2D eigenvalue weighted by atomic mass is 35.5. The van der Waals surface area contributed by atoms with E-state index in [1.165, 1.54) is 15.2 Å². The predicted molar refractivity (Wildman–Crippen MR) is 73.0 cm³/mol. The lowest BCUT2D eigenvalue weighted by Gasteiger charge is -2.30. The number of halogens is 1. The lowest BCUT2D eigenvalue weighted by Crippen LogP contribution is -2.41. The van der Waals surface area contributed by atoms with Crippen molar-refractivity contribution in [2.24, 2.45) is 7.05 Å². The van der Waals surface area contributed by atoms with Crippen LogP contribution in [0.4, 0.5) is 0 Å². The van der Waals surface area contributed by atoms with E-state index in [0.29, 0.717) is 25.9 Å². The first-order chi connectivity index (χ1) is 9.46. The Hall–Kier alpha value is -0.670. The number of aryl methyl sites for hydroxylation is 1. The SMILES string of the molecule is Cn1cnc(S(=O)(=O)N2CCC(OCCO)CC2)c1Cl. The van der Waals surface area contributed by atoms with Crippen LogP contribution in [0.2, 0.25) is 5.15 Å². The van der Waals surface area contributed by atoms with E-state index in [9.17, 15) is 8.42 Å². The Morgan fingerprint density at radius 1 is 1.50 bits per heavy atom. The summed E-state index contributed by atoms with van der Waals surface area (Å²) in [6, 6.07) is 0. The molecule has 0 aliphatic carbocycles. The standard InChI is InChI=1S/C11H18ClN3O4S/c1-14-8-13-11(10(14)12)20(17,18)15-4-2-9(3-5-15)19-7-6-16/h8-9,16H,2-7H2,1H3. The van der Waals surface area contributed by atoms with Gasteiger partial charge in [-0.2, -0.15) is 4.31 Å². The number of hydrogen-bond acceptors (Lipinski definition) is 5. The summed E-state index contributed by atoms with van der Waals surface area (Å²) in [5.41, 5.74) is 0. The molecule has 1 N–H and O–H groups in total. The van der Waals surface area contributed by atoms with E-state index >= 15 is 0 Å². The highest BCUT2D eigenvalue weighted by Gasteiger charge is 2.33. The topological polar surface area (TPSA) is 84.7 Å². The van der Waals surface area contributed by atoms with Gasteiger partial charge in [0.05, 0.1) is 25.6 Å². The van der Waals surface area contributed by atoms with E-state index in [2.05, 4.69) is 4.98 Å². The van der Waals surface area contributed by atoms with Gasteiger partial charge in [0, 0.05) is 20.1 Å². The fourth-order valence-corrected chi connectivity index (χ4v) is 4.01. The van der Waals surface area contributed by atoms with Crippen LogP contribution in [0.25, 0.3) is 0 Å². The van der Waals surface area contributed by atoms with Crippen LogP contribution in [0.15, 0.2) is 11.4 Å². The number of nitrogens with zero attached hydrogens (tertiary/aromatic N) is 3. The third kappa shape index (κ3) is 3.15. The molecule has 2 heterocycles. The molecule has 9 heteroatoms. The fraction of sp³-hybridized carbons (Fsp3) is 0.727. The molecule has 1 aliphatic rings. The Morgan fingerprint density at radius 3 is 2.65 bits per heavy atom. The van der Waals surface area contributed by atoms with Crippen molar-refractivity contribution in [3.63, 3.8) is 0 Å². The average molecular weight is 324 g/mol. The van der Waals surface area contributed by atoms with E-state index in [1.54, 1.807) is 7.05 Å². The molecule has 20 heavy (non-hydrogen) atoms. The molecule has 1 saturated heterocycles. The van der Waals surface area contributed by atoms with E-state index in [0.717, 1.165) is 0 Å². The summed E-state index contributed by atoms with van der Waals surface area (Å²) in [7, 11) is -2.01. The fourth-order valence-electron chi connectivity index (χ4n) is 2.15. The van der Waals surface area contributed by atoms with Gasteiger partial charge in [-0.15, -0.1) is 0 Å². The number of rotatable bonds is 5. The van der Waals surface area contributed by atoms with E-state index in [-0.39, 0.29) is 29.5 Å². The molecule has 1 aromatic heterocycles. The van der Waals surface area contributed by atoms with Gasteiger partial charge < -0.3 is 14.4 Å². The predicted octanol–water partition coefficient (Wildman–Crippen LogP) is 0.236. The highest BCUT2D eigenvalue weighted by Crippen LogP contribution is 2.25. The minimum absolute atomic E-state index is 0.00666. The van der Waals surface area contributed by atoms with E-state index in [1.807, 2.05) is 0 Å². The number of aliphatic hydroxyl groups excluding tert-OH is 1. The molecule has 0 radical (unpaired) electrons. The summed E-state index contributed by atoms with van der Waals surface area (Å²) in [5, 5.41) is 8.72. The number of piperidine rings is 1. The molecule has 1 aliphatic heterocycles. The van der Waals surface area contributed by atoms with Crippen molar-refractivity contribution in [3.05, 3.63) is 11.5 Å². The van der Waals surface area contributed by atoms with Gasteiger partial charge in [0.2, 0.25) is 5.03 Å². The highest BCUT2D eigenvalue weighted by molar-refractivity contribution is 7.89. The lowest BCUT2D eigenvalue weighted by atomic mass is 10.1. The van der Waals surface area contributed by atoms with Gasteiger partial charge in [0.1, 0.15) is 5.15 Å². The molecule has 0 spiro atoms. The summed E-state index contributed by atoms with van der Waals surface area (Å²) < 4.78 is 33.1. The van der Waals surface area contributed by atoms with Crippen molar-refractivity contribution >= 4 is 21.6 Å². The van der Waals surface area contributed by atoms with Crippen molar-refractivity contribution in [1.82, 2.24) is 13.9 Å². The molecule has 0 saturated carbocycles. The molecule has 114 valence electrons. The van der Waals surface area contributed by atoms with E-state index in [4.69, 9.17) is 21.4 Å². The minimum atomic E-state index is -3.65. The van der Waals surface area contributed by atoms with Crippen molar-refractivity contribution in [3.8, 4) is 0 Å². The molecule has 0 bridgehead atoms. The number of aromatic nitrogens is 2. The molecule has 2 rings (SSSR count). The molecule has 0 amide bonds. The molecular formula is C11H18ClN3O4S. The molecule has 0 aromatic carbocycles. The van der Waals surface area contributed by atoms with Crippen molar-refractivity contribution in [1.29, 1.82) is 0 Å². The molecular weight excluding hydrogens is 306 g/mol. The van der Waals surface area contributed by atoms with Gasteiger partial charge in [-0.05, 0) is 12.8 Å². The van der Waals surface area contributed by atoms with Crippen molar-refractivity contribution in [2.45, 2.75) is 24.0 Å². The zero-order chi connectivity index (χ0) is 14.8. The second-order valence-electron chi connectivity index (χ2n) is 4.65. The molecule has 1 aromatic rings. The van der Waals surface area contributed by atoms with Crippen LogP contribution in [-0.4, -0.2) is 59.8 Å². The maximum absolute atomic E-state index is 12.4.